The van der Waals surface area contributed by atoms with Crippen LogP contribution in [-0.4, -0.2) is 25.5 Å². The predicted octanol–water partition coefficient (Wildman–Crippen LogP) is 3.78. The van der Waals surface area contributed by atoms with Crippen LogP contribution in [0.2, 0.25) is 0 Å². The van der Waals surface area contributed by atoms with Crippen LogP contribution in [0.4, 0.5) is 0 Å². The van der Waals surface area contributed by atoms with Crippen molar-refractivity contribution in [2.75, 3.05) is 0 Å². The van der Waals surface area contributed by atoms with E-state index in [0.717, 1.165) is 5.56 Å². The first kappa shape index (κ1) is 15.0. The Kier molecular flexibility index (Phi) is 3.12. The fourth-order valence-electron chi connectivity index (χ4n) is 3.12. The maximum atomic E-state index is 10.4. The second kappa shape index (κ2) is 5.21. The highest BCUT2D eigenvalue weighted by atomic mass is 16.3. The van der Waals surface area contributed by atoms with E-state index in [1.54, 1.807) is 36.4 Å². The van der Waals surface area contributed by atoms with Crippen molar-refractivity contribution in [3.8, 4) is 39.9 Å². The molecule has 0 radical (unpaired) electrons. The third-order valence-corrected chi connectivity index (χ3v) is 4.33. The Balaban J connectivity index is 2.03. The van der Waals surface area contributed by atoms with Crippen LogP contribution in [0.1, 0.15) is 16.7 Å². The zero-order valence-electron chi connectivity index (χ0n) is 12.9. The van der Waals surface area contributed by atoms with Crippen LogP contribution in [0.15, 0.2) is 48.5 Å². The first-order valence-electron chi connectivity index (χ1n) is 7.58. The molecule has 4 rings (SSSR count). The third kappa shape index (κ3) is 2.25. The summed E-state index contributed by atoms with van der Waals surface area (Å²) in [6.07, 6.45) is 1.78. The van der Waals surface area contributed by atoms with Crippen molar-refractivity contribution in [1.29, 1.82) is 0 Å². The predicted molar refractivity (Wildman–Crippen MR) is 93.6 cm³/mol. The highest BCUT2D eigenvalue weighted by Crippen LogP contribution is 2.53. The molecule has 0 aromatic heterocycles. The summed E-state index contributed by atoms with van der Waals surface area (Å²) < 4.78 is 0. The fraction of sp³-hybridized carbons (Fsp3) is 0. The van der Waals surface area contributed by atoms with Gasteiger partial charge in [-0.05, 0) is 70.3 Å². The van der Waals surface area contributed by atoms with Crippen LogP contribution < -0.4 is 0 Å². The molecular weight excluding hydrogens is 320 g/mol. The number of phenolic OH excluding ortho intramolecular Hbond substituents is 5. The molecule has 124 valence electrons. The summed E-state index contributed by atoms with van der Waals surface area (Å²) in [6.45, 7) is 0. The van der Waals surface area contributed by atoms with Gasteiger partial charge in [0.25, 0.3) is 0 Å². The third-order valence-electron chi connectivity index (χ3n) is 4.33. The van der Waals surface area contributed by atoms with E-state index in [0.29, 0.717) is 27.8 Å². The lowest BCUT2D eigenvalue weighted by Gasteiger charge is -2.07. The summed E-state index contributed by atoms with van der Waals surface area (Å²) in [4.78, 5) is 0. The molecular formula is C20H14O5. The molecule has 0 aliphatic heterocycles. The van der Waals surface area contributed by atoms with Gasteiger partial charge in [-0.3, -0.25) is 0 Å². The highest BCUT2D eigenvalue weighted by Gasteiger charge is 2.29. The number of aromatic hydroxyl groups is 5. The van der Waals surface area contributed by atoms with E-state index in [1.165, 1.54) is 18.2 Å². The molecule has 1 aliphatic carbocycles. The molecule has 0 saturated heterocycles. The summed E-state index contributed by atoms with van der Waals surface area (Å²) in [5.74, 6) is -0.915. The Morgan fingerprint density at radius 1 is 0.600 bits per heavy atom. The fourth-order valence-corrected chi connectivity index (χ4v) is 3.12. The van der Waals surface area contributed by atoms with Crippen LogP contribution in [0.5, 0.6) is 28.7 Å². The van der Waals surface area contributed by atoms with Crippen molar-refractivity contribution in [2.45, 2.75) is 0 Å². The summed E-state index contributed by atoms with van der Waals surface area (Å²) >= 11 is 0. The molecule has 0 spiro atoms. The maximum absolute atomic E-state index is 10.4. The molecule has 0 fully saturated rings. The van der Waals surface area contributed by atoms with Gasteiger partial charge in [0.05, 0.1) is 0 Å². The van der Waals surface area contributed by atoms with Gasteiger partial charge >= 0.3 is 0 Å². The van der Waals surface area contributed by atoms with Crippen molar-refractivity contribution in [3.05, 3.63) is 65.2 Å². The normalized spacial score (nSPS) is 13.7. The van der Waals surface area contributed by atoms with Crippen LogP contribution in [0.25, 0.3) is 22.8 Å². The summed E-state index contributed by atoms with van der Waals surface area (Å²) in [6, 6.07) is 12.4. The van der Waals surface area contributed by atoms with E-state index in [-0.39, 0.29) is 28.7 Å². The lowest BCUT2D eigenvalue weighted by molar-refractivity contribution is 0.403. The molecule has 0 heterocycles. The number of benzene rings is 3. The van der Waals surface area contributed by atoms with E-state index < -0.39 is 0 Å². The molecule has 1 aliphatic rings. The van der Waals surface area contributed by atoms with Crippen molar-refractivity contribution < 1.29 is 25.5 Å². The van der Waals surface area contributed by atoms with Gasteiger partial charge in [0.1, 0.15) is 5.75 Å². The van der Waals surface area contributed by atoms with Gasteiger partial charge in [0.2, 0.25) is 0 Å². The maximum Gasteiger partial charge on any atom is 0.166 e. The Labute approximate surface area is 143 Å². The molecule has 0 unspecified atom stereocenters. The van der Waals surface area contributed by atoms with Crippen LogP contribution in [0.3, 0.4) is 0 Å². The lowest BCUT2D eigenvalue weighted by Crippen LogP contribution is -1.84. The smallest absolute Gasteiger partial charge is 0.166 e. The number of fused-ring (bicyclic) bond motifs is 3. The molecule has 5 N–H and O–H groups in total. The quantitative estimate of drug-likeness (QED) is 0.341. The first-order chi connectivity index (χ1) is 12.0. The minimum atomic E-state index is -0.271. The molecule has 0 bridgehead atoms. The molecule has 25 heavy (non-hydrogen) atoms. The van der Waals surface area contributed by atoms with E-state index in [2.05, 4.69) is 0 Å². The van der Waals surface area contributed by atoms with E-state index in [1.807, 2.05) is 0 Å². The Bertz CT molecular complexity index is 1030. The second-order valence-corrected chi connectivity index (χ2v) is 5.89. The van der Waals surface area contributed by atoms with Crippen LogP contribution in [-0.2, 0) is 0 Å². The van der Waals surface area contributed by atoms with Gasteiger partial charge in [0.15, 0.2) is 23.0 Å². The Morgan fingerprint density at radius 3 is 1.92 bits per heavy atom. The summed E-state index contributed by atoms with van der Waals surface area (Å²) in [7, 11) is 0. The largest absolute Gasteiger partial charge is 0.508 e. The Hall–Kier alpha value is -3.60. The van der Waals surface area contributed by atoms with E-state index in [9.17, 15) is 25.5 Å². The van der Waals surface area contributed by atoms with Crippen molar-refractivity contribution >= 4 is 11.6 Å². The molecule has 0 amide bonds. The van der Waals surface area contributed by atoms with E-state index >= 15 is 0 Å². The molecule has 5 nitrogen and oxygen atoms in total. The Morgan fingerprint density at radius 2 is 1.24 bits per heavy atom. The number of phenols is 5. The zero-order valence-corrected chi connectivity index (χ0v) is 12.9. The van der Waals surface area contributed by atoms with Crippen molar-refractivity contribution in [3.63, 3.8) is 0 Å². The highest BCUT2D eigenvalue weighted by molar-refractivity contribution is 6.09. The first-order valence-corrected chi connectivity index (χ1v) is 7.58. The number of hydrogen-bond acceptors (Lipinski definition) is 5. The summed E-state index contributed by atoms with van der Waals surface area (Å²) in [5.41, 5.74) is 3.70. The van der Waals surface area contributed by atoms with Gasteiger partial charge in [-0.15, -0.1) is 0 Å². The van der Waals surface area contributed by atoms with Crippen LogP contribution >= 0.6 is 0 Å². The average molecular weight is 334 g/mol. The van der Waals surface area contributed by atoms with Crippen LogP contribution in [0, 0.1) is 0 Å². The molecule has 0 atom stereocenters. The van der Waals surface area contributed by atoms with Gasteiger partial charge in [-0.25, -0.2) is 0 Å². The zero-order chi connectivity index (χ0) is 17.7. The second-order valence-electron chi connectivity index (χ2n) is 5.89. The lowest BCUT2D eigenvalue weighted by atomic mass is 9.99. The minimum absolute atomic E-state index is 0.137. The van der Waals surface area contributed by atoms with Crippen molar-refractivity contribution in [1.82, 2.24) is 0 Å². The molecule has 0 saturated carbocycles. The number of hydrogen-bond donors (Lipinski definition) is 5. The SMILES string of the molecule is Oc1ccc(/C=C2\c3cc(O)c(O)cc3-c3ccc(O)c(O)c32)cc1. The minimum Gasteiger partial charge on any atom is -0.508 e. The van der Waals surface area contributed by atoms with Gasteiger partial charge < -0.3 is 25.5 Å². The van der Waals surface area contributed by atoms with E-state index in [4.69, 9.17) is 0 Å². The summed E-state index contributed by atoms with van der Waals surface area (Å²) in [5, 5.41) is 49.4. The van der Waals surface area contributed by atoms with Gasteiger partial charge in [-0.2, -0.15) is 0 Å². The van der Waals surface area contributed by atoms with Gasteiger partial charge in [-0.1, -0.05) is 12.1 Å². The van der Waals surface area contributed by atoms with Gasteiger partial charge in [0, 0.05) is 5.56 Å². The topological polar surface area (TPSA) is 101 Å². The molecule has 3 aromatic rings. The standard InChI is InChI=1S/C20H14O5/c21-11-3-1-10(2-4-11)7-15-14-9-18(24)17(23)8-13(14)12-5-6-16(22)20(25)19(12)15/h1-9,21-25H/b15-7+. The molecule has 5 heteroatoms. The van der Waals surface area contributed by atoms with Crippen molar-refractivity contribution in [2.24, 2.45) is 0 Å². The monoisotopic (exact) mass is 334 g/mol. The molecule has 3 aromatic carbocycles. The number of rotatable bonds is 1. The average Bonchev–Trinajstić information content (AvgIpc) is 2.87.